The smallest absolute Gasteiger partial charge is 0.152 e. The van der Waals surface area contributed by atoms with Crippen molar-refractivity contribution in [3.05, 3.63) is 34.0 Å². The van der Waals surface area contributed by atoms with Crippen LogP contribution in [0.3, 0.4) is 0 Å². The van der Waals surface area contributed by atoms with Crippen LogP contribution in [0.4, 0.5) is 4.39 Å². The molecule has 0 saturated carbocycles. The van der Waals surface area contributed by atoms with Crippen molar-refractivity contribution in [1.82, 2.24) is 15.5 Å². The van der Waals surface area contributed by atoms with Gasteiger partial charge in [0.1, 0.15) is 5.01 Å². The summed E-state index contributed by atoms with van der Waals surface area (Å²) in [6.45, 7) is 7.33. The lowest BCUT2D eigenvalue weighted by Gasteiger charge is -2.20. The highest BCUT2D eigenvalue weighted by atomic mass is 35.5. The predicted octanol–water partition coefficient (Wildman–Crippen LogP) is 4.32. The average molecular weight is 328 g/mol. The van der Waals surface area contributed by atoms with E-state index >= 15 is 0 Å². The van der Waals surface area contributed by atoms with Crippen molar-refractivity contribution in [2.75, 3.05) is 6.54 Å². The van der Waals surface area contributed by atoms with Crippen molar-refractivity contribution in [3.8, 4) is 10.6 Å². The minimum atomic E-state index is -0.434. The number of aromatic nitrogens is 2. The molecule has 3 nitrogen and oxygen atoms in total. The topological polar surface area (TPSA) is 37.8 Å². The molecule has 1 aromatic heterocycles. The second-order valence-corrected chi connectivity index (χ2v) is 7.35. The molecule has 0 fully saturated rings. The minimum absolute atomic E-state index is 0.110. The Morgan fingerprint density at radius 1 is 1.29 bits per heavy atom. The van der Waals surface area contributed by atoms with Gasteiger partial charge in [0.05, 0.1) is 5.02 Å². The first-order valence-electron chi connectivity index (χ1n) is 6.88. The zero-order chi connectivity index (χ0) is 15.5. The summed E-state index contributed by atoms with van der Waals surface area (Å²) >= 11 is 7.21. The van der Waals surface area contributed by atoms with Gasteiger partial charge in [-0.15, -0.1) is 10.2 Å². The van der Waals surface area contributed by atoms with Gasteiger partial charge in [0.25, 0.3) is 0 Å². The van der Waals surface area contributed by atoms with Crippen molar-refractivity contribution in [3.63, 3.8) is 0 Å². The second kappa shape index (κ2) is 6.81. The molecule has 2 rings (SSSR count). The van der Waals surface area contributed by atoms with Crippen molar-refractivity contribution in [1.29, 1.82) is 0 Å². The number of halogens is 2. The Morgan fingerprint density at radius 3 is 2.76 bits per heavy atom. The number of benzene rings is 1. The zero-order valence-corrected chi connectivity index (χ0v) is 14.0. The van der Waals surface area contributed by atoms with Crippen molar-refractivity contribution in [2.24, 2.45) is 0 Å². The van der Waals surface area contributed by atoms with Gasteiger partial charge in [-0.3, -0.25) is 0 Å². The number of nitrogens with one attached hydrogen (secondary N) is 1. The highest BCUT2D eigenvalue weighted by molar-refractivity contribution is 7.14. The normalized spacial score (nSPS) is 11.9. The van der Waals surface area contributed by atoms with Crippen LogP contribution < -0.4 is 5.32 Å². The molecule has 6 heteroatoms. The van der Waals surface area contributed by atoms with Gasteiger partial charge in [0.2, 0.25) is 0 Å². The van der Waals surface area contributed by atoms with E-state index in [2.05, 4.69) is 36.3 Å². The third-order valence-electron chi connectivity index (χ3n) is 2.87. The maximum atomic E-state index is 13.9. The molecule has 1 N–H and O–H groups in total. The molecule has 0 spiro atoms. The monoisotopic (exact) mass is 327 g/mol. The minimum Gasteiger partial charge on any atom is -0.312 e. The lowest BCUT2D eigenvalue weighted by atomic mass is 10.1. The molecule has 0 radical (unpaired) electrons. The predicted molar refractivity (Wildman–Crippen MR) is 86.4 cm³/mol. The quantitative estimate of drug-likeness (QED) is 0.831. The van der Waals surface area contributed by atoms with Gasteiger partial charge in [0.15, 0.2) is 10.8 Å². The number of hydrogen-bond acceptors (Lipinski definition) is 4. The third kappa shape index (κ3) is 4.73. The summed E-state index contributed by atoms with van der Waals surface area (Å²) in [6.07, 6.45) is 1.81. The van der Waals surface area contributed by atoms with E-state index in [1.807, 2.05) is 0 Å². The van der Waals surface area contributed by atoms with E-state index in [1.54, 1.807) is 12.1 Å². The molecule has 1 heterocycles. The van der Waals surface area contributed by atoms with Crippen LogP contribution in [0.15, 0.2) is 18.2 Å². The van der Waals surface area contributed by atoms with E-state index in [0.717, 1.165) is 24.4 Å². The molecular formula is C15H19ClFN3S. The maximum Gasteiger partial charge on any atom is 0.152 e. The molecule has 1 aromatic carbocycles. The highest BCUT2D eigenvalue weighted by Gasteiger charge is 2.13. The molecule has 0 atom stereocenters. The Labute approximate surface area is 133 Å². The average Bonchev–Trinajstić information content (AvgIpc) is 2.85. The van der Waals surface area contributed by atoms with Gasteiger partial charge in [-0.1, -0.05) is 29.0 Å². The fourth-order valence-electron chi connectivity index (χ4n) is 1.84. The lowest BCUT2D eigenvalue weighted by molar-refractivity contribution is 0.422. The van der Waals surface area contributed by atoms with Crippen molar-refractivity contribution in [2.45, 2.75) is 39.2 Å². The van der Waals surface area contributed by atoms with Crippen molar-refractivity contribution < 1.29 is 4.39 Å². The van der Waals surface area contributed by atoms with Crippen molar-refractivity contribution >= 4 is 22.9 Å². The Morgan fingerprint density at radius 2 is 2.05 bits per heavy atom. The molecule has 0 saturated heterocycles. The van der Waals surface area contributed by atoms with Gasteiger partial charge in [-0.25, -0.2) is 4.39 Å². The number of rotatable bonds is 5. The number of nitrogens with zero attached hydrogens (tertiary/aromatic N) is 2. The summed E-state index contributed by atoms with van der Waals surface area (Å²) in [5, 5.41) is 13.2. The van der Waals surface area contributed by atoms with Crippen LogP contribution in [0.1, 0.15) is 32.2 Å². The van der Waals surface area contributed by atoms with Gasteiger partial charge in [-0.2, -0.15) is 0 Å². The largest absolute Gasteiger partial charge is 0.312 e. The first kappa shape index (κ1) is 16.3. The maximum absolute atomic E-state index is 13.9. The standard InChI is InChI=1S/C15H19ClFN3S/c1-15(2,3)18-9-5-8-12-19-20-14(21-12)10-6-4-7-11(16)13(10)17/h4,6-7,18H,5,8-9H2,1-3H3. The number of hydrogen-bond donors (Lipinski definition) is 1. The first-order chi connectivity index (χ1) is 9.87. The second-order valence-electron chi connectivity index (χ2n) is 5.88. The van der Waals surface area contributed by atoms with Gasteiger partial charge in [0, 0.05) is 17.5 Å². The van der Waals surface area contributed by atoms with E-state index in [9.17, 15) is 4.39 Å². The third-order valence-corrected chi connectivity index (χ3v) is 4.18. The zero-order valence-electron chi connectivity index (χ0n) is 12.4. The summed E-state index contributed by atoms with van der Waals surface area (Å²) < 4.78 is 13.9. The molecule has 2 aromatic rings. The highest BCUT2D eigenvalue weighted by Crippen LogP contribution is 2.29. The number of aryl methyl sites for hydroxylation is 1. The fourth-order valence-corrected chi connectivity index (χ4v) is 2.91. The Bertz CT molecular complexity index is 607. The summed E-state index contributed by atoms with van der Waals surface area (Å²) in [7, 11) is 0. The Balaban J connectivity index is 1.97. The molecule has 21 heavy (non-hydrogen) atoms. The fraction of sp³-hybridized carbons (Fsp3) is 0.467. The van der Waals surface area contributed by atoms with Gasteiger partial charge >= 0.3 is 0 Å². The molecule has 0 aliphatic rings. The van der Waals surface area contributed by atoms with Crippen LogP contribution >= 0.6 is 22.9 Å². The summed E-state index contributed by atoms with van der Waals surface area (Å²) in [4.78, 5) is 0. The molecule has 0 unspecified atom stereocenters. The van der Waals surface area contributed by atoms with E-state index in [0.29, 0.717) is 10.6 Å². The van der Waals surface area contributed by atoms with Crippen LogP contribution in [0.5, 0.6) is 0 Å². The summed E-state index contributed by atoms with van der Waals surface area (Å²) in [5.41, 5.74) is 0.537. The van der Waals surface area contributed by atoms with E-state index in [4.69, 9.17) is 11.6 Å². The van der Waals surface area contributed by atoms with Crippen LogP contribution in [0.2, 0.25) is 5.02 Å². The van der Waals surface area contributed by atoms with E-state index in [1.165, 1.54) is 17.4 Å². The Hall–Kier alpha value is -1.04. The molecule has 0 aliphatic carbocycles. The van der Waals surface area contributed by atoms with E-state index in [-0.39, 0.29) is 10.6 Å². The lowest BCUT2D eigenvalue weighted by Crippen LogP contribution is -2.36. The SMILES string of the molecule is CC(C)(C)NCCCc1nnc(-c2cccc(Cl)c2F)s1. The molecule has 114 valence electrons. The molecule has 0 amide bonds. The molecular weight excluding hydrogens is 309 g/mol. The first-order valence-corrected chi connectivity index (χ1v) is 8.08. The summed E-state index contributed by atoms with van der Waals surface area (Å²) in [5.74, 6) is -0.434. The van der Waals surface area contributed by atoms with Gasteiger partial charge < -0.3 is 5.32 Å². The van der Waals surface area contributed by atoms with Crippen LogP contribution in [-0.4, -0.2) is 22.3 Å². The van der Waals surface area contributed by atoms with Crippen LogP contribution in [-0.2, 0) is 6.42 Å². The molecule has 0 aliphatic heterocycles. The van der Waals surface area contributed by atoms with E-state index < -0.39 is 5.82 Å². The Kier molecular flexibility index (Phi) is 5.30. The summed E-state index contributed by atoms with van der Waals surface area (Å²) in [6, 6.07) is 4.92. The molecule has 0 bridgehead atoms. The van der Waals surface area contributed by atoms with Crippen LogP contribution in [0.25, 0.3) is 10.6 Å². The van der Waals surface area contributed by atoms with Gasteiger partial charge in [-0.05, 0) is 45.9 Å². The van der Waals surface area contributed by atoms with Crippen LogP contribution in [0, 0.1) is 5.82 Å².